The predicted octanol–water partition coefficient (Wildman–Crippen LogP) is 3.35. The fraction of sp³-hybridized carbons (Fsp3) is 0.435. The Morgan fingerprint density at radius 3 is 2.46 bits per heavy atom. The van der Waals surface area contributed by atoms with Crippen LogP contribution in [-0.2, 0) is 21.7 Å². The Labute approximate surface area is 166 Å². The molecule has 0 bridgehead atoms. The molecule has 5 nitrogen and oxygen atoms in total. The van der Waals surface area contributed by atoms with Crippen LogP contribution in [0, 0.1) is 0 Å². The molecule has 0 aromatic heterocycles. The molecule has 1 amide bonds. The van der Waals surface area contributed by atoms with Gasteiger partial charge in [-0.25, -0.2) is 0 Å². The van der Waals surface area contributed by atoms with Crippen molar-refractivity contribution >= 4 is 5.91 Å². The van der Waals surface area contributed by atoms with E-state index in [1.807, 2.05) is 24.3 Å². The second kappa shape index (κ2) is 7.57. The van der Waals surface area contributed by atoms with Gasteiger partial charge in [-0.1, -0.05) is 36.4 Å². The van der Waals surface area contributed by atoms with Crippen LogP contribution in [0.15, 0.2) is 48.5 Å². The van der Waals surface area contributed by atoms with E-state index in [9.17, 15) is 4.79 Å². The highest BCUT2D eigenvalue weighted by Crippen LogP contribution is 2.49. The first-order valence-corrected chi connectivity index (χ1v) is 9.86. The van der Waals surface area contributed by atoms with Gasteiger partial charge in [-0.05, 0) is 41.7 Å². The molecule has 28 heavy (non-hydrogen) atoms. The third kappa shape index (κ3) is 3.40. The SMILES string of the molecule is COc1ccc(CN2CCC3(CC2)O[C@@H](C(=O)N(C)C)c2ccccc23)cc1. The Morgan fingerprint density at radius 1 is 1.14 bits per heavy atom. The molecular weight excluding hydrogens is 352 g/mol. The summed E-state index contributed by atoms with van der Waals surface area (Å²) >= 11 is 0. The number of ether oxygens (including phenoxy) is 2. The average molecular weight is 380 g/mol. The van der Waals surface area contributed by atoms with Crippen molar-refractivity contribution < 1.29 is 14.3 Å². The first-order valence-electron chi connectivity index (χ1n) is 9.86. The lowest BCUT2D eigenvalue weighted by Crippen LogP contribution is -2.43. The molecule has 2 aliphatic rings. The van der Waals surface area contributed by atoms with Crippen LogP contribution in [-0.4, -0.2) is 50.0 Å². The molecule has 0 unspecified atom stereocenters. The lowest BCUT2D eigenvalue weighted by molar-refractivity contribution is -0.158. The number of likely N-dealkylation sites (N-methyl/N-ethyl adjacent to an activating group) is 1. The largest absolute Gasteiger partial charge is 0.497 e. The monoisotopic (exact) mass is 380 g/mol. The van der Waals surface area contributed by atoms with Crippen LogP contribution < -0.4 is 4.74 Å². The van der Waals surface area contributed by atoms with Gasteiger partial charge in [0, 0.05) is 33.7 Å². The quantitative estimate of drug-likeness (QED) is 0.816. The molecule has 2 heterocycles. The Kier molecular flexibility index (Phi) is 5.13. The molecule has 0 saturated carbocycles. The van der Waals surface area contributed by atoms with Crippen molar-refractivity contribution in [2.24, 2.45) is 0 Å². The molecule has 2 aromatic carbocycles. The van der Waals surface area contributed by atoms with Crippen molar-refractivity contribution in [3.8, 4) is 5.75 Å². The van der Waals surface area contributed by atoms with Crippen molar-refractivity contribution in [2.45, 2.75) is 31.1 Å². The number of amides is 1. The number of fused-ring (bicyclic) bond motifs is 2. The van der Waals surface area contributed by atoms with Gasteiger partial charge in [0.15, 0.2) is 6.10 Å². The summed E-state index contributed by atoms with van der Waals surface area (Å²) in [5.41, 5.74) is 3.16. The van der Waals surface area contributed by atoms with Crippen molar-refractivity contribution in [3.63, 3.8) is 0 Å². The second-order valence-corrected chi connectivity index (χ2v) is 7.94. The summed E-state index contributed by atoms with van der Waals surface area (Å²) in [5.74, 6) is 0.902. The highest BCUT2D eigenvalue weighted by molar-refractivity contribution is 5.83. The van der Waals surface area contributed by atoms with Gasteiger partial charge < -0.3 is 14.4 Å². The number of carbonyl (C=O) groups excluding carboxylic acids is 1. The number of benzene rings is 2. The van der Waals surface area contributed by atoms with Crippen LogP contribution in [0.3, 0.4) is 0 Å². The summed E-state index contributed by atoms with van der Waals surface area (Å²) < 4.78 is 11.7. The van der Waals surface area contributed by atoms with E-state index in [1.54, 1.807) is 26.1 Å². The first-order chi connectivity index (χ1) is 13.5. The van der Waals surface area contributed by atoms with Crippen LogP contribution in [0.2, 0.25) is 0 Å². The topological polar surface area (TPSA) is 42.0 Å². The third-order valence-corrected chi connectivity index (χ3v) is 5.97. The molecule has 0 radical (unpaired) electrons. The molecule has 0 N–H and O–H groups in total. The van der Waals surface area contributed by atoms with Crippen LogP contribution in [0.5, 0.6) is 5.75 Å². The highest BCUT2D eigenvalue weighted by atomic mass is 16.5. The van der Waals surface area contributed by atoms with E-state index in [-0.39, 0.29) is 11.5 Å². The van der Waals surface area contributed by atoms with Crippen LogP contribution in [0.25, 0.3) is 0 Å². The molecular formula is C23H28N2O3. The molecule has 2 aliphatic heterocycles. The van der Waals surface area contributed by atoms with Crippen LogP contribution in [0.1, 0.15) is 35.6 Å². The maximum Gasteiger partial charge on any atom is 0.255 e. The molecule has 1 saturated heterocycles. The van der Waals surface area contributed by atoms with Gasteiger partial charge in [0.05, 0.1) is 12.7 Å². The number of hydrogen-bond donors (Lipinski definition) is 0. The van der Waals surface area contributed by atoms with E-state index < -0.39 is 6.10 Å². The van der Waals surface area contributed by atoms with Gasteiger partial charge in [-0.15, -0.1) is 0 Å². The van der Waals surface area contributed by atoms with E-state index in [0.29, 0.717) is 0 Å². The molecule has 1 spiro atoms. The normalized spacial score (nSPS) is 20.8. The van der Waals surface area contributed by atoms with E-state index >= 15 is 0 Å². The number of likely N-dealkylation sites (tertiary alicyclic amines) is 1. The van der Waals surface area contributed by atoms with Gasteiger partial charge in [0.1, 0.15) is 5.75 Å². The Bertz CT molecular complexity index is 839. The van der Waals surface area contributed by atoms with Gasteiger partial charge >= 0.3 is 0 Å². The minimum Gasteiger partial charge on any atom is -0.497 e. The number of methoxy groups -OCH3 is 1. The van der Waals surface area contributed by atoms with Gasteiger partial charge in [0.2, 0.25) is 0 Å². The van der Waals surface area contributed by atoms with Crippen LogP contribution >= 0.6 is 0 Å². The number of rotatable bonds is 4. The predicted molar refractivity (Wildman–Crippen MR) is 108 cm³/mol. The van der Waals surface area contributed by atoms with Crippen molar-refractivity contribution in [2.75, 3.05) is 34.3 Å². The minimum absolute atomic E-state index is 0.0185. The fourth-order valence-electron chi connectivity index (χ4n) is 4.36. The van der Waals surface area contributed by atoms with E-state index in [1.165, 1.54) is 11.1 Å². The second-order valence-electron chi connectivity index (χ2n) is 7.94. The third-order valence-electron chi connectivity index (χ3n) is 5.97. The zero-order valence-electron chi connectivity index (χ0n) is 16.9. The number of carbonyl (C=O) groups is 1. The summed E-state index contributed by atoms with van der Waals surface area (Å²) in [6.45, 7) is 2.81. The summed E-state index contributed by atoms with van der Waals surface area (Å²) in [5, 5.41) is 0. The van der Waals surface area contributed by atoms with Crippen molar-refractivity contribution in [3.05, 3.63) is 65.2 Å². The molecule has 4 rings (SSSR count). The highest BCUT2D eigenvalue weighted by Gasteiger charge is 2.48. The van der Waals surface area contributed by atoms with Gasteiger partial charge in [-0.3, -0.25) is 9.69 Å². The lowest BCUT2D eigenvalue weighted by Gasteiger charge is -2.39. The molecule has 148 valence electrons. The summed E-state index contributed by atoms with van der Waals surface area (Å²) in [6.07, 6.45) is 1.31. The fourth-order valence-corrected chi connectivity index (χ4v) is 4.36. The Morgan fingerprint density at radius 2 is 1.82 bits per heavy atom. The number of hydrogen-bond acceptors (Lipinski definition) is 4. The Hall–Kier alpha value is -2.37. The van der Waals surface area contributed by atoms with Crippen molar-refractivity contribution in [1.29, 1.82) is 0 Å². The zero-order valence-corrected chi connectivity index (χ0v) is 16.9. The summed E-state index contributed by atoms with van der Waals surface area (Å²) in [4.78, 5) is 16.8. The zero-order chi connectivity index (χ0) is 19.7. The maximum absolute atomic E-state index is 12.7. The maximum atomic E-state index is 12.7. The molecule has 1 atom stereocenters. The summed E-state index contributed by atoms with van der Waals surface area (Å²) in [7, 11) is 5.26. The number of piperidine rings is 1. The van der Waals surface area contributed by atoms with E-state index in [4.69, 9.17) is 9.47 Å². The first kappa shape index (κ1) is 19.0. The molecule has 2 aromatic rings. The van der Waals surface area contributed by atoms with Crippen LogP contribution in [0.4, 0.5) is 0 Å². The average Bonchev–Trinajstić information content (AvgIpc) is 3.04. The molecule has 0 aliphatic carbocycles. The van der Waals surface area contributed by atoms with Crippen molar-refractivity contribution in [1.82, 2.24) is 9.80 Å². The summed E-state index contributed by atoms with van der Waals surface area (Å²) in [6, 6.07) is 16.5. The molecule has 1 fully saturated rings. The molecule has 5 heteroatoms. The minimum atomic E-state index is -0.487. The van der Waals surface area contributed by atoms with Gasteiger partial charge in [-0.2, -0.15) is 0 Å². The van der Waals surface area contributed by atoms with E-state index in [2.05, 4.69) is 29.2 Å². The standard InChI is InChI=1S/C23H28N2O3/c1-24(2)22(26)21-19-6-4-5-7-20(19)23(28-21)12-14-25(15-13-23)16-17-8-10-18(27-3)11-9-17/h4-11,21H,12-16H2,1-3H3/t21-/m1/s1. The Balaban J connectivity index is 1.48. The lowest BCUT2D eigenvalue weighted by atomic mass is 9.83. The van der Waals surface area contributed by atoms with Gasteiger partial charge in [0.25, 0.3) is 5.91 Å². The number of nitrogens with zero attached hydrogens (tertiary/aromatic N) is 2. The van der Waals surface area contributed by atoms with E-state index in [0.717, 1.165) is 43.8 Å². The smallest absolute Gasteiger partial charge is 0.255 e.